The molecule has 13 heavy (non-hydrogen) atoms. The molecule has 0 unspecified atom stereocenters. The van der Waals surface area contributed by atoms with Crippen molar-refractivity contribution in [1.82, 2.24) is 4.57 Å². The summed E-state index contributed by atoms with van der Waals surface area (Å²) in [6, 6.07) is 7.63. The Bertz CT molecular complexity index is 471. The monoisotopic (exact) mass is 174 g/mol. The molecule has 0 spiro atoms. The normalized spacial score (nSPS) is 10.5. The molecule has 3 heteroatoms. The van der Waals surface area contributed by atoms with Crippen molar-refractivity contribution in [3.8, 4) is 5.88 Å². The van der Waals surface area contributed by atoms with E-state index < -0.39 is 0 Å². The van der Waals surface area contributed by atoms with Crippen LogP contribution in [-0.4, -0.2) is 15.9 Å². The van der Waals surface area contributed by atoms with E-state index in [2.05, 4.69) is 0 Å². The molecule has 0 amide bonds. The minimum Gasteiger partial charge on any atom is -0.494 e. The Morgan fingerprint density at radius 3 is 2.77 bits per heavy atom. The van der Waals surface area contributed by atoms with Crippen molar-refractivity contribution in [2.75, 3.05) is 0 Å². The molecule has 66 valence electrons. The molecular weight excluding hydrogens is 164 g/mol. The van der Waals surface area contributed by atoms with E-state index in [0.29, 0.717) is 5.56 Å². The molecule has 0 aliphatic carbocycles. The molecule has 0 saturated heterocycles. The molecule has 0 aliphatic heterocycles. The zero-order chi connectivity index (χ0) is 9.42. The first-order valence-corrected chi connectivity index (χ1v) is 4.02. The summed E-state index contributed by atoms with van der Waals surface area (Å²) in [5.41, 5.74) is 1.52. The van der Waals surface area contributed by atoms with Gasteiger partial charge in [0.2, 0.25) is 5.88 Å². The Labute approximate surface area is 75.7 Å². The quantitative estimate of drug-likeness (QED) is 0.637. The van der Waals surface area contributed by atoms with Crippen LogP contribution in [0.4, 0.5) is 0 Å². The van der Waals surface area contributed by atoms with Crippen LogP contribution in [0.15, 0.2) is 24.3 Å². The molecular formula is C10H10N2O. The van der Waals surface area contributed by atoms with Gasteiger partial charge in [-0.3, -0.25) is 0 Å². The van der Waals surface area contributed by atoms with E-state index in [-0.39, 0.29) is 5.88 Å². The first-order valence-electron chi connectivity index (χ1n) is 4.02. The van der Waals surface area contributed by atoms with E-state index in [1.54, 1.807) is 11.6 Å². The van der Waals surface area contributed by atoms with Crippen LogP contribution in [0.3, 0.4) is 0 Å². The molecule has 3 nitrogen and oxygen atoms in total. The molecule has 0 bridgehead atoms. The summed E-state index contributed by atoms with van der Waals surface area (Å²) in [4.78, 5) is 0. The van der Waals surface area contributed by atoms with Gasteiger partial charge in [-0.05, 0) is 6.07 Å². The molecule has 0 aliphatic rings. The van der Waals surface area contributed by atoms with Gasteiger partial charge in [0.1, 0.15) is 0 Å². The number of benzene rings is 1. The van der Waals surface area contributed by atoms with Gasteiger partial charge in [-0.25, -0.2) is 0 Å². The van der Waals surface area contributed by atoms with E-state index in [4.69, 9.17) is 5.41 Å². The number of fused-ring (bicyclic) bond motifs is 1. The highest BCUT2D eigenvalue weighted by Gasteiger charge is 2.10. The van der Waals surface area contributed by atoms with Gasteiger partial charge in [0, 0.05) is 18.6 Å². The van der Waals surface area contributed by atoms with Crippen LogP contribution >= 0.6 is 0 Å². The van der Waals surface area contributed by atoms with E-state index in [1.165, 1.54) is 6.21 Å². The number of rotatable bonds is 1. The van der Waals surface area contributed by atoms with Gasteiger partial charge in [-0.15, -0.1) is 0 Å². The SMILES string of the molecule is Cn1c(O)c(C=N)c2ccccc21. The van der Waals surface area contributed by atoms with Crippen molar-refractivity contribution in [1.29, 1.82) is 5.41 Å². The third-order valence-electron chi connectivity index (χ3n) is 2.26. The fourth-order valence-corrected chi connectivity index (χ4v) is 1.55. The summed E-state index contributed by atoms with van der Waals surface area (Å²) in [5, 5.41) is 17.7. The van der Waals surface area contributed by atoms with Crippen LogP contribution < -0.4 is 0 Å². The van der Waals surface area contributed by atoms with E-state index >= 15 is 0 Å². The summed E-state index contributed by atoms with van der Waals surface area (Å²) in [5.74, 6) is 0.149. The maximum atomic E-state index is 9.63. The standard InChI is InChI=1S/C10H10N2O/c1-12-9-5-3-2-4-7(9)8(6-11)10(12)13/h2-6,11,13H,1H3. The van der Waals surface area contributed by atoms with Gasteiger partial charge in [0.05, 0.1) is 11.1 Å². The molecule has 2 rings (SSSR count). The molecule has 2 N–H and O–H groups in total. The Balaban J connectivity index is 2.98. The largest absolute Gasteiger partial charge is 0.494 e. The molecule has 0 fully saturated rings. The Morgan fingerprint density at radius 2 is 2.08 bits per heavy atom. The predicted octanol–water partition coefficient (Wildman–Crippen LogP) is 1.88. The number of aryl methyl sites for hydroxylation is 1. The summed E-state index contributed by atoms with van der Waals surface area (Å²) < 4.78 is 1.68. The molecule has 1 aromatic carbocycles. The Morgan fingerprint density at radius 1 is 1.38 bits per heavy atom. The van der Waals surface area contributed by atoms with Crippen LogP contribution in [0.5, 0.6) is 5.88 Å². The minimum atomic E-state index is 0.149. The lowest BCUT2D eigenvalue weighted by Crippen LogP contribution is -1.85. The minimum absolute atomic E-state index is 0.149. The van der Waals surface area contributed by atoms with E-state index in [1.807, 2.05) is 24.3 Å². The maximum Gasteiger partial charge on any atom is 0.200 e. The zero-order valence-corrected chi connectivity index (χ0v) is 7.28. The number of hydrogen-bond donors (Lipinski definition) is 2. The Kier molecular flexibility index (Phi) is 1.59. The van der Waals surface area contributed by atoms with Gasteiger partial charge >= 0.3 is 0 Å². The van der Waals surface area contributed by atoms with Gasteiger partial charge in [0.25, 0.3) is 0 Å². The third kappa shape index (κ3) is 0.935. The van der Waals surface area contributed by atoms with Crippen molar-refractivity contribution in [3.05, 3.63) is 29.8 Å². The van der Waals surface area contributed by atoms with Crippen LogP contribution in [0.25, 0.3) is 10.9 Å². The van der Waals surface area contributed by atoms with Crippen molar-refractivity contribution in [2.45, 2.75) is 0 Å². The Hall–Kier alpha value is -1.77. The highest BCUT2D eigenvalue weighted by Crippen LogP contribution is 2.27. The average Bonchev–Trinajstić information content (AvgIpc) is 2.41. The molecule has 0 radical (unpaired) electrons. The number of aromatic nitrogens is 1. The zero-order valence-electron chi connectivity index (χ0n) is 7.28. The van der Waals surface area contributed by atoms with Gasteiger partial charge in [-0.2, -0.15) is 0 Å². The summed E-state index contributed by atoms with van der Waals surface area (Å²) >= 11 is 0. The lowest BCUT2D eigenvalue weighted by Gasteiger charge is -1.95. The fourth-order valence-electron chi connectivity index (χ4n) is 1.55. The van der Waals surface area contributed by atoms with E-state index in [9.17, 15) is 5.11 Å². The molecule has 2 aromatic rings. The lowest BCUT2D eigenvalue weighted by atomic mass is 10.2. The van der Waals surface area contributed by atoms with E-state index in [0.717, 1.165) is 10.9 Å². The topological polar surface area (TPSA) is 49.0 Å². The number of hydrogen-bond acceptors (Lipinski definition) is 2. The second-order valence-corrected chi connectivity index (χ2v) is 2.96. The lowest BCUT2D eigenvalue weighted by molar-refractivity contribution is 0.434. The van der Waals surface area contributed by atoms with Crippen LogP contribution in [-0.2, 0) is 7.05 Å². The van der Waals surface area contributed by atoms with Gasteiger partial charge in [0.15, 0.2) is 0 Å². The smallest absolute Gasteiger partial charge is 0.200 e. The predicted molar refractivity (Wildman–Crippen MR) is 52.5 cm³/mol. The number of para-hydroxylation sites is 1. The summed E-state index contributed by atoms with van der Waals surface area (Å²) in [6.45, 7) is 0. The number of nitrogens with one attached hydrogen (secondary N) is 1. The van der Waals surface area contributed by atoms with Crippen LogP contribution in [0.2, 0.25) is 0 Å². The number of nitrogens with zero attached hydrogens (tertiary/aromatic N) is 1. The first kappa shape index (κ1) is 7.86. The third-order valence-corrected chi connectivity index (χ3v) is 2.26. The average molecular weight is 174 g/mol. The molecule has 1 aromatic heterocycles. The second-order valence-electron chi connectivity index (χ2n) is 2.96. The molecule has 0 saturated carbocycles. The maximum absolute atomic E-state index is 9.63. The summed E-state index contributed by atoms with van der Waals surface area (Å²) in [7, 11) is 1.78. The van der Waals surface area contributed by atoms with Gasteiger partial charge < -0.3 is 15.1 Å². The van der Waals surface area contributed by atoms with Gasteiger partial charge in [-0.1, -0.05) is 18.2 Å². The van der Waals surface area contributed by atoms with Crippen molar-refractivity contribution < 1.29 is 5.11 Å². The van der Waals surface area contributed by atoms with Crippen molar-refractivity contribution in [2.24, 2.45) is 7.05 Å². The highest BCUT2D eigenvalue weighted by atomic mass is 16.3. The van der Waals surface area contributed by atoms with Crippen LogP contribution in [0.1, 0.15) is 5.56 Å². The number of aromatic hydroxyl groups is 1. The highest BCUT2D eigenvalue weighted by molar-refractivity contribution is 6.01. The first-order chi connectivity index (χ1) is 6.25. The fraction of sp³-hybridized carbons (Fsp3) is 0.100. The second kappa shape index (κ2) is 2.62. The van der Waals surface area contributed by atoms with Crippen molar-refractivity contribution in [3.63, 3.8) is 0 Å². The van der Waals surface area contributed by atoms with Crippen molar-refractivity contribution >= 4 is 17.1 Å². The molecule has 1 heterocycles. The van der Waals surface area contributed by atoms with Crippen LogP contribution in [0, 0.1) is 5.41 Å². The summed E-state index contributed by atoms with van der Waals surface area (Å²) in [6.07, 6.45) is 1.18. The molecule has 0 atom stereocenters.